The Morgan fingerprint density at radius 1 is 1.16 bits per heavy atom. The van der Waals surface area contributed by atoms with Gasteiger partial charge in [0.05, 0.1) is 0 Å². The molecule has 0 fully saturated rings. The standard InChI is InChI=1S/C19H23Cl2N3O/c1-13(2)5-8-22-16-7-10-23-18(12-16)19(25)24-9-6-14-3-4-15(20)11-17(14)21/h3-4,7,10-13H,5-6,8-9H2,1-2H3,(H,22,23)(H,24,25). The van der Waals surface area contributed by atoms with Crippen LogP contribution in [-0.2, 0) is 6.42 Å². The highest BCUT2D eigenvalue weighted by atomic mass is 35.5. The third-order valence-corrected chi connectivity index (χ3v) is 4.33. The molecular formula is C19H23Cl2N3O. The maximum Gasteiger partial charge on any atom is 0.269 e. The minimum Gasteiger partial charge on any atom is -0.385 e. The summed E-state index contributed by atoms with van der Waals surface area (Å²) in [7, 11) is 0. The van der Waals surface area contributed by atoms with Crippen molar-refractivity contribution in [2.24, 2.45) is 5.92 Å². The van der Waals surface area contributed by atoms with Gasteiger partial charge in [-0.15, -0.1) is 0 Å². The molecule has 25 heavy (non-hydrogen) atoms. The van der Waals surface area contributed by atoms with E-state index >= 15 is 0 Å². The second-order valence-corrected chi connectivity index (χ2v) is 7.12. The molecule has 1 amide bonds. The van der Waals surface area contributed by atoms with E-state index in [0.717, 1.165) is 24.2 Å². The van der Waals surface area contributed by atoms with Gasteiger partial charge in [0.15, 0.2) is 0 Å². The zero-order valence-electron chi connectivity index (χ0n) is 14.5. The van der Waals surface area contributed by atoms with Crippen LogP contribution in [0, 0.1) is 5.92 Å². The fourth-order valence-corrected chi connectivity index (χ4v) is 2.80. The molecule has 6 heteroatoms. The Labute approximate surface area is 158 Å². The summed E-state index contributed by atoms with van der Waals surface area (Å²) in [6.45, 7) is 5.71. The first-order valence-electron chi connectivity index (χ1n) is 8.37. The maximum absolute atomic E-state index is 12.3. The lowest BCUT2D eigenvalue weighted by molar-refractivity contribution is 0.0949. The van der Waals surface area contributed by atoms with Gasteiger partial charge in [-0.3, -0.25) is 9.78 Å². The Hall–Kier alpha value is -1.78. The lowest BCUT2D eigenvalue weighted by Crippen LogP contribution is -2.26. The summed E-state index contributed by atoms with van der Waals surface area (Å²) in [6.07, 6.45) is 3.35. The molecule has 2 N–H and O–H groups in total. The number of nitrogens with one attached hydrogen (secondary N) is 2. The van der Waals surface area contributed by atoms with Gasteiger partial charge in [0, 0.05) is 35.0 Å². The third-order valence-electron chi connectivity index (χ3n) is 3.74. The van der Waals surface area contributed by atoms with Gasteiger partial charge in [0.25, 0.3) is 5.91 Å². The average Bonchev–Trinajstić information content (AvgIpc) is 2.56. The monoisotopic (exact) mass is 379 g/mol. The van der Waals surface area contributed by atoms with Crippen molar-refractivity contribution in [3.05, 3.63) is 57.8 Å². The topological polar surface area (TPSA) is 54.0 Å². The number of halogens is 2. The summed E-state index contributed by atoms with van der Waals surface area (Å²) < 4.78 is 0. The third kappa shape index (κ3) is 6.56. The van der Waals surface area contributed by atoms with Crippen molar-refractivity contribution in [2.45, 2.75) is 26.7 Å². The number of hydrogen-bond donors (Lipinski definition) is 2. The molecule has 134 valence electrons. The quantitative estimate of drug-likeness (QED) is 0.691. The van der Waals surface area contributed by atoms with Gasteiger partial charge in [0.1, 0.15) is 5.69 Å². The van der Waals surface area contributed by atoms with Crippen LogP contribution in [0.25, 0.3) is 0 Å². The second-order valence-electron chi connectivity index (χ2n) is 6.28. The van der Waals surface area contributed by atoms with Crippen molar-refractivity contribution < 1.29 is 4.79 Å². The molecule has 0 aliphatic carbocycles. The molecular weight excluding hydrogens is 357 g/mol. The fourth-order valence-electron chi connectivity index (χ4n) is 2.30. The predicted molar refractivity (Wildman–Crippen MR) is 105 cm³/mol. The number of carbonyl (C=O) groups excluding carboxylic acids is 1. The molecule has 0 saturated heterocycles. The van der Waals surface area contributed by atoms with Crippen LogP contribution in [0.4, 0.5) is 5.69 Å². The van der Waals surface area contributed by atoms with Gasteiger partial charge in [0.2, 0.25) is 0 Å². The van der Waals surface area contributed by atoms with Crippen LogP contribution in [0.3, 0.4) is 0 Å². The Kier molecular flexibility index (Phi) is 7.53. The van der Waals surface area contributed by atoms with E-state index in [1.165, 1.54) is 0 Å². The van der Waals surface area contributed by atoms with Gasteiger partial charge in [-0.05, 0) is 48.6 Å². The van der Waals surface area contributed by atoms with Gasteiger partial charge < -0.3 is 10.6 Å². The molecule has 0 unspecified atom stereocenters. The highest BCUT2D eigenvalue weighted by Gasteiger charge is 2.08. The first kappa shape index (κ1) is 19.5. The van der Waals surface area contributed by atoms with Crippen molar-refractivity contribution in [1.82, 2.24) is 10.3 Å². The van der Waals surface area contributed by atoms with Gasteiger partial charge in [-0.1, -0.05) is 43.1 Å². The molecule has 2 rings (SSSR count). The van der Waals surface area contributed by atoms with Crippen LogP contribution in [0.5, 0.6) is 0 Å². The van der Waals surface area contributed by atoms with Crippen molar-refractivity contribution in [2.75, 3.05) is 18.4 Å². The normalized spacial score (nSPS) is 10.8. The second kappa shape index (κ2) is 9.64. The molecule has 0 aliphatic heterocycles. The van der Waals surface area contributed by atoms with Crippen LogP contribution >= 0.6 is 23.2 Å². The molecule has 4 nitrogen and oxygen atoms in total. The van der Waals surface area contributed by atoms with Crippen LogP contribution in [0.1, 0.15) is 36.3 Å². The van der Waals surface area contributed by atoms with Gasteiger partial charge >= 0.3 is 0 Å². The minimum absolute atomic E-state index is 0.197. The number of hydrogen-bond acceptors (Lipinski definition) is 3. The number of benzene rings is 1. The van der Waals surface area contributed by atoms with Crippen molar-refractivity contribution in [3.63, 3.8) is 0 Å². The van der Waals surface area contributed by atoms with E-state index in [1.54, 1.807) is 24.4 Å². The smallest absolute Gasteiger partial charge is 0.269 e. The lowest BCUT2D eigenvalue weighted by atomic mass is 10.1. The van der Waals surface area contributed by atoms with E-state index in [-0.39, 0.29) is 5.91 Å². The fraction of sp³-hybridized carbons (Fsp3) is 0.368. The van der Waals surface area contributed by atoms with Crippen molar-refractivity contribution in [1.29, 1.82) is 0 Å². The Balaban J connectivity index is 1.86. The zero-order valence-corrected chi connectivity index (χ0v) is 16.0. The van der Waals surface area contributed by atoms with E-state index in [4.69, 9.17) is 23.2 Å². The van der Waals surface area contributed by atoms with Crippen LogP contribution in [-0.4, -0.2) is 24.0 Å². The number of amides is 1. The molecule has 1 heterocycles. The molecule has 0 saturated carbocycles. The number of nitrogens with zero attached hydrogens (tertiary/aromatic N) is 1. The van der Waals surface area contributed by atoms with E-state index in [9.17, 15) is 4.79 Å². The number of pyridine rings is 1. The molecule has 1 aromatic heterocycles. The average molecular weight is 380 g/mol. The summed E-state index contributed by atoms with van der Waals surface area (Å²) in [5, 5.41) is 7.39. The summed E-state index contributed by atoms with van der Waals surface area (Å²) in [5.41, 5.74) is 2.25. The Bertz CT molecular complexity index is 720. The number of aromatic nitrogens is 1. The van der Waals surface area contributed by atoms with Crippen LogP contribution in [0.2, 0.25) is 10.0 Å². The number of carbonyl (C=O) groups is 1. The number of rotatable bonds is 8. The minimum atomic E-state index is -0.197. The highest BCUT2D eigenvalue weighted by Crippen LogP contribution is 2.21. The van der Waals surface area contributed by atoms with E-state index in [0.29, 0.717) is 34.6 Å². The summed E-state index contributed by atoms with van der Waals surface area (Å²) in [5.74, 6) is 0.439. The maximum atomic E-state index is 12.3. The van der Waals surface area contributed by atoms with Crippen molar-refractivity contribution >= 4 is 34.8 Å². The summed E-state index contributed by atoms with van der Waals surface area (Å²) in [4.78, 5) is 16.4. The number of anilines is 1. The molecule has 0 bridgehead atoms. The van der Waals surface area contributed by atoms with Crippen LogP contribution < -0.4 is 10.6 Å². The molecule has 0 aliphatic rings. The molecule has 1 aromatic carbocycles. The molecule has 2 aromatic rings. The van der Waals surface area contributed by atoms with Crippen molar-refractivity contribution in [3.8, 4) is 0 Å². The first-order chi connectivity index (χ1) is 12.0. The van der Waals surface area contributed by atoms with Gasteiger partial charge in [-0.25, -0.2) is 0 Å². The summed E-state index contributed by atoms with van der Waals surface area (Å²) in [6, 6.07) is 9.00. The Morgan fingerprint density at radius 3 is 2.68 bits per heavy atom. The first-order valence-corrected chi connectivity index (χ1v) is 9.13. The summed E-state index contributed by atoms with van der Waals surface area (Å²) >= 11 is 12.0. The van der Waals surface area contributed by atoms with E-state index in [1.807, 2.05) is 12.1 Å². The lowest BCUT2D eigenvalue weighted by Gasteiger charge is -2.10. The molecule has 0 radical (unpaired) electrons. The zero-order chi connectivity index (χ0) is 18.2. The molecule has 0 atom stereocenters. The largest absolute Gasteiger partial charge is 0.385 e. The molecule has 0 spiro atoms. The van der Waals surface area contributed by atoms with Crippen LogP contribution in [0.15, 0.2) is 36.5 Å². The van der Waals surface area contributed by atoms with E-state index < -0.39 is 0 Å². The van der Waals surface area contributed by atoms with E-state index in [2.05, 4.69) is 29.5 Å². The Morgan fingerprint density at radius 2 is 1.96 bits per heavy atom. The SMILES string of the molecule is CC(C)CCNc1ccnc(C(=O)NCCc2ccc(Cl)cc2Cl)c1. The van der Waals surface area contributed by atoms with Gasteiger partial charge in [-0.2, -0.15) is 0 Å². The highest BCUT2D eigenvalue weighted by molar-refractivity contribution is 6.35. The predicted octanol–water partition coefficient (Wildman–Crippen LogP) is 4.82.